The maximum atomic E-state index is 11.6. The van der Waals surface area contributed by atoms with Gasteiger partial charge in [-0.05, 0) is 37.7 Å². The number of phenolic OH excluding ortho intramolecular Hbond substituents is 1. The lowest BCUT2D eigenvalue weighted by Crippen LogP contribution is -2.39. The highest BCUT2D eigenvalue weighted by atomic mass is 16.4. The molecule has 0 aliphatic heterocycles. The van der Waals surface area contributed by atoms with Crippen molar-refractivity contribution in [2.75, 3.05) is 0 Å². The van der Waals surface area contributed by atoms with E-state index in [9.17, 15) is 15.0 Å². The van der Waals surface area contributed by atoms with Gasteiger partial charge in [0.25, 0.3) is 0 Å². The number of aromatic hydroxyl groups is 1. The Morgan fingerprint density at radius 2 is 1.88 bits per heavy atom. The van der Waals surface area contributed by atoms with Gasteiger partial charge >= 0.3 is 5.97 Å². The largest absolute Gasteiger partial charge is 0.508 e. The van der Waals surface area contributed by atoms with E-state index < -0.39 is 11.4 Å². The maximum Gasteiger partial charge on any atom is 0.314 e. The topological polar surface area (TPSA) is 57.5 Å². The van der Waals surface area contributed by atoms with Gasteiger partial charge < -0.3 is 10.2 Å². The summed E-state index contributed by atoms with van der Waals surface area (Å²) in [4.78, 5) is 11.6. The van der Waals surface area contributed by atoms with E-state index in [4.69, 9.17) is 0 Å². The van der Waals surface area contributed by atoms with Crippen LogP contribution < -0.4 is 0 Å². The fraction of sp³-hybridized carbons (Fsp3) is 0.500. The first-order chi connectivity index (χ1) is 8.06. The average molecular weight is 234 g/mol. The molecule has 1 aromatic rings. The van der Waals surface area contributed by atoms with Crippen LogP contribution in [-0.4, -0.2) is 16.2 Å². The molecule has 2 rings (SSSR count). The van der Waals surface area contributed by atoms with Crippen molar-refractivity contribution in [3.8, 4) is 5.75 Å². The molecular formula is C14H18O3. The van der Waals surface area contributed by atoms with E-state index >= 15 is 0 Å². The third-order valence-electron chi connectivity index (χ3n) is 3.96. The number of carboxylic acids is 1. The van der Waals surface area contributed by atoms with Crippen molar-refractivity contribution in [1.29, 1.82) is 0 Å². The minimum atomic E-state index is -0.891. The number of hydrogen-bond acceptors (Lipinski definition) is 2. The Morgan fingerprint density at radius 1 is 1.29 bits per heavy atom. The summed E-state index contributed by atoms with van der Waals surface area (Å²) in [6.07, 6.45) is 3.03. The van der Waals surface area contributed by atoms with Crippen molar-refractivity contribution in [2.45, 2.75) is 38.0 Å². The van der Waals surface area contributed by atoms with Crippen molar-refractivity contribution in [1.82, 2.24) is 0 Å². The molecule has 0 aromatic heterocycles. The predicted octanol–water partition coefficient (Wildman–Crippen LogP) is 2.92. The van der Waals surface area contributed by atoms with Gasteiger partial charge in [0.1, 0.15) is 5.75 Å². The van der Waals surface area contributed by atoms with E-state index in [1.807, 2.05) is 0 Å². The summed E-state index contributed by atoms with van der Waals surface area (Å²) in [6, 6.07) is 6.81. The molecule has 0 heterocycles. The summed E-state index contributed by atoms with van der Waals surface area (Å²) in [6.45, 7) is 2.15. The number of hydrogen-bond donors (Lipinski definition) is 2. The van der Waals surface area contributed by atoms with Gasteiger partial charge in [0, 0.05) is 5.56 Å². The van der Waals surface area contributed by atoms with E-state index in [2.05, 4.69) is 6.92 Å². The highest BCUT2D eigenvalue weighted by Crippen LogP contribution is 2.44. The maximum absolute atomic E-state index is 11.6. The molecule has 3 heteroatoms. The van der Waals surface area contributed by atoms with Gasteiger partial charge in [-0.1, -0.05) is 25.1 Å². The van der Waals surface area contributed by atoms with Gasteiger partial charge in [-0.25, -0.2) is 0 Å². The third-order valence-corrected chi connectivity index (χ3v) is 3.96. The number of benzene rings is 1. The Bertz CT molecular complexity index is 417. The van der Waals surface area contributed by atoms with Gasteiger partial charge in [0.15, 0.2) is 0 Å². The molecule has 0 bridgehead atoms. The Labute approximate surface area is 101 Å². The number of aliphatic carboxylic acids is 1. The molecule has 1 aliphatic carbocycles. The van der Waals surface area contributed by atoms with Gasteiger partial charge in [-0.3, -0.25) is 4.79 Å². The van der Waals surface area contributed by atoms with Crippen LogP contribution in [-0.2, 0) is 10.2 Å². The quantitative estimate of drug-likeness (QED) is 0.827. The monoisotopic (exact) mass is 234 g/mol. The summed E-state index contributed by atoms with van der Waals surface area (Å²) in [5.41, 5.74) is -0.322. The van der Waals surface area contributed by atoms with Crippen molar-refractivity contribution < 1.29 is 15.0 Å². The van der Waals surface area contributed by atoms with Crippen LogP contribution in [0.2, 0.25) is 0 Å². The Kier molecular flexibility index (Phi) is 3.09. The molecule has 0 saturated heterocycles. The lowest BCUT2D eigenvalue weighted by Gasteiger charge is -2.36. The third kappa shape index (κ3) is 2.02. The number of rotatable bonds is 2. The second-order valence-electron chi connectivity index (χ2n) is 5.09. The van der Waals surface area contributed by atoms with Crippen LogP contribution in [0.3, 0.4) is 0 Å². The zero-order valence-corrected chi connectivity index (χ0v) is 10.0. The Morgan fingerprint density at radius 3 is 2.41 bits per heavy atom. The fourth-order valence-electron chi connectivity index (χ4n) is 2.73. The molecule has 1 aliphatic rings. The van der Waals surface area contributed by atoms with Gasteiger partial charge in [0.05, 0.1) is 5.41 Å². The minimum Gasteiger partial charge on any atom is -0.508 e. The van der Waals surface area contributed by atoms with Crippen molar-refractivity contribution in [3.05, 3.63) is 29.8 Å². The van der Waals surface area contributed by atoms with Crippen LogP contribution in [0.25, 0.3) is 0 Å². The summed E-state index contributed by atoms with van der Waals surface area (Å²) in [5, 5.41) is 19.4. The van der Waals surface area contributed by atoms with Crippen LogP contribution in [0.15, 0.2) is 24.3 Å². The second kappa shape index (κ2) is 4.40. The normalized spacial score (nSPS) is 28.9. The van der Waals surface area contributed by atoms with Gasteiger partial charge in [0.2, 0.25) is 0 Å². The smallest absolute Gasteiger partial charge is 0.314 e. The summed E-state index contributed by atoms with van der Waals surface area (Å²) in [5.74, 6) is -0.135. The van der Waals surface area contributed by atoms with Crippen LogP contribution in [0.1, 0.15) is 38.2 Å². The molecule has 92 valence electrons. The zero-order valence-electron chi connectivity index (χ0n) is 10.0. The van der Waals surface area contributed by atoms with Crippen LogP contribution in [0.5, 0.6) is 5.75 Å². The molecule has 0 amide bonds. The molecule has 0 radical (unpaired) electrons. The van der Waals surface area contributed by atoms with E-state index in [0.717, 1.165) is 12.8 Å². The van der Waals surface area contributed by atoms with Crippen LogP contribution in [0, 0.1) is 5.92 Å². The lowest BCUT2D eigenvalue weighted by atomic mass is 9.67. The first-order valence-electron chi connectivity index (χ1n) is 6.08. The first kappa shape index (κ1) is 12.0. The number of phenols is 1. The Hall–Kier alpha value is -1.51. The van der Waals surface area contributed by atoms with E-state index in [1.165, 1.54) is 0 Å². The number of carboxylic acid groups (broad SMARTS) is 1. The highest BCUT2D eigenvalue weighted by molar-refractivity contribution is 5.82. The van der Waals surface area contributed by atoms with Gasteiger partial charge in [-0.15, -0.1) is 0 Å². The number of para-hydroxylation sites is 1. The summed E-state index contributed by atoms with van der Waals surface area (Å²) in [7, 11) is 0. The van der Waals surface area contributed by atoms with Crippen LogP contribution in [0.4, 0.5) is 0 Å². The van der Waals surface area contributed by atoms with Gasteiger partial charge in [-0.2, -0.15) is 0 Å². The molecule has 3 nitrogen and oxygen atoms in total. The Balaban J connectivity index is 2.42. The molecule has 17 heavy (non-hydrogen) atoms. The molecule has 1 saturated carbocycles. The van der Waals surface area contributed by atoms with Crippen molar-refractivity contribution in [2.24, 2.45) is 5.92 Å². The van der Waals surface area contributed by atoms with Crippen molar-refractivity contribution in [3.63, 3.8) is 0 Å². The number of carbonyl (C=O) groups is 1. The molecular weight excluding hydrogens is 216 g/mol. The molecule has 0 atom stereocenters. The minimum absolute atomic E-state index is 0.101. The van der Waals surface area contributed by atoms with Crippen molar-refractivity contribution >= 4 is 5.97 Å². The SMILES string of the molecule is CC1CCC(C(=O)O)(c2ccccc2O)CC1. The molecule has 1 fully saturated rings. The second-order valence-corrected chi connectivity index (χ2v) is 5.09. The lowest BCUT2D eigenvalue weighted by molar-refractivity contribution is -0.145. The highest BCUT2D eigenvalue weighted by Gasteiger charge is 2.44. The molecule has 2 N–H and O–H groups in total. The van der Waals surface area contributed by atoms with Crippen LogP contribution >= 0.6 is 0 Å². The average Bonchev–Trinajstić information content (AvgIpc) is 2.31. The van der Waals surface area contributed by atoms with E-state index in [1.54, 1.807) is 24.3 Å². The summed E-state index contributed by atoms with van der Waals surface area (Å²) >= 11 is 0. The molecule has 0 spiro atoms. The summed E-state index contributed by atoms with van der Waals surface area (Å²) < 4.78 is 0. The zero-order chi connectivity index (χ0) is 12.5. The predicted molar refractivity (Wildman–Crippen MR) is 65.1 cm³/mol. The molecule has 0 unspecified atom stereocenters. The standard InChI is InChI=1S/C14H18O3/c1-10-6-8-14(9-7-10,13(16)17)11-4-2-3-5-12(11)15/h2-5,10,15H,6-9H2,1H3,(H,16,17). The van der Waals surface area contributed by atoms with E-state index in [-0.39, 0.29) is 5.75 Å². The fourth-order valence-corrected chi connectivity index (χ4v) is 2.73. The first-order valence-corrected chi connectivity index (χ1v) is 6.08. The molecule has 1 aromatic carbocycles. The van der Waals surface area contributed by atoms with E-state index in [0.29, 0.717) is 24.3 Å².